The van der Waals surface area contributed by atoms with Crippen LogP contribution in [-0.4, -0.2) is 23.2 Å². The highest BCUT2D eigenvalue weighted by Crippen LogP contribution is 2.44. The molecule has 4 N–H and O–H groups in total. The van der Waals surface area contributed by atoms with Gasteiger partial charge in [-0.25, -0.2) is 5.43 Å². The summed E-state index contributed by atoms with van der Waals surface area (Å²) in [6.45, 7) is 2.12. The number of carbonyl (C=O) groups excluding carboxylic acids is 1. The average molecular weight is 344 g/mol. The molecule has 4 atom stereocenters. The lowest BCUT2D eigenvalue weighted by Crippen LogP contribution is -2.52. The molecule has 0 radical (unpaired) electrons. The zero-order chi connectivity index (χ0) is 15.9. The normalized spacial score (nSPS) is 31.0. The smallest absolute Gasteiger partial charge is 0.221 e. The van der Waals surface area contributed by atoms with E-state index in [1.807, 2.05) is 0 Å². The van der Waals surface area contributed by atoms with E-state index in [9.17, 15) is 9.90 Å². The maximum atomic E-state index is 12.0. The Morgan fingerprint density at radius 3 is 2.82 bits per heavy atom. The molecule has 0 saturated carbocycles. The Bertz CT molecular complexity index is 596. The first-order valence-electron chi connectivity index (χ1n) is 7.49. The number of phenols is 1. The van der Waals surface area contributed by atoms with Crippen molar-refractivity contribution in [2.75, 3.05) is 0 Å². The molecule has 0 spiro atoms. The van der Waals surface area contributed by atoms with Crippen LogP contribution in [0.3, 0.4) is 0 Å². The third-order valence-electron chi connectivity index (χ3n) is 4.52. The van der Waals surface area contributed by atoms with Crippen molar-refractivity contribution in [1.29, 1.82) is 0 Å². The van der Waals surface area contributed by atoms with Gasteiger partial charge in [0, 0.05) is 34.9 Å². The molecule has 7 heteroatoms. The standard InChI is InChI=1S/C15H19Cl2N3O2/c1-2-3-11-13-8(6-12(21)18-15(13)20-19-11)9-4-7(16)5-10(17)14(9)22/h4-5,8,11,13,15,19-20,22H,2-3,6H2,1H3,(H,18,21). The van der Waals surface area contributed by atoms with Gasteiger partial charge in [0.2, 0.25) is 5.91 Å². The van der Waals surface area contributed by atoms with Crippen molar-refractivity contribution in [2.24, 2.45) is 5.92 Å². The highest BCUT2D eigenvalue weighted by Gasteiger charge is 2.46. The number of nitrogens with one attached hydrogen (secondary N) is 3. The van der Waals surface area contributed by atoms with Crippen LogP contribution in [0.1, 0.15) is 37.7 Å². The summed E-state index contributed by atoms with van der Waals surface area (Å²) in [4.78, 5) is 12.0. The third kappa shape index (κ3) is 2.78. The number of fused-ring (bicyclic) bond motifs is 1. The molecule has 2 aliphatic heterocycles. The molecule has 1 aromatic carbocycles. The number of hydrogen-bond acceptors (Lipinski definition) is 4. The van der Waals surface area contributed by atoms with Crippen LogP contribution in [0, 0.1) is 5.92 Å². The van der Waals surface area contributed by atoms with E-state index < -0.39 is 0 Å². The van der Waals surface area contributed by atoms with Crippen molar-refractivity contribution in [3.8, 4) is 5.75 Å². The summed E-state index contributed by atoms with van der Waals surface area (Å²) in [5, 5.41) is 14.0. The van der Waals surface area contributed by atoms with Gasteiger partial charge in [-0.3, -0.25) is 10.2 Å². The Hall–Kier alpha value is -1.01. The van der Waals surface area contributed by atoms with Gasteiger partial charge < -0.3 is 10.4 Å². The second kappa shape index (κ2) is 6.24. The third-order valence-corrected chi connectivity index (χ3v) is 5.02. The van der Waals surface area contributed by atoms with E-state index in [-0.39, 0.29) is 40.7 Å². The molecule has 0 aromatic heterocycles. The van der Waals surface area contributed by atoms with E-state index in [0.717, 1.165) is 12.8 Å². The molecule has 0 aliphatic carbocycles. The number of piperidine rings is 1. The van der Waals surface area contributed by atoms with Crippen molar-refractivity contribution >= 4 is 29.1 Å². The number of halogens is 2. The lowest BCUT2D eigenvalue weighted by atomic mass is 9.75. The summed E-state index contributed by atoms with van der Waals surface area (Å²) in [6, 6.07) is 3.44. The molecule has 22 heavy (non-hydrogen) atoms. The number of amides is 1. The van der Waals surface area contributed by atoms with Gasteiger partial charge in [-0.05, 0) is 18.6 Å². The number of hydrazine groups is 1. The van der Waals surface area contributed by atoms with E-state index in [4.69, 9.17) is 23.2 Å². The minimum absolute atomic E-state index is 0.0201. The van der Waals surface area contributed by atoms with Crippen molar-refractivity contribution in [3.05, 3.63) is 27.7 Å². The fraction of sp³-hybridized carbons (Fsp3) is 0.533. The summed E-state index contributed by atoms with van der Waals surface area (Å²) in [7, 11) is 0. The fourth-order valence-corrected chi connectivity index (χ4v) is 4.11. The SMILES string of the molecule is CCCC1NNC2NC(=O)CC(c3cc(Cl)cc(Cl)c3O)C12. The maximum absolute atomic E-state index is 12.0. The van der Waals surface area contributed by atoms with Gasteiger partial charge in [0.05, 0.1) is 11.2 Å². The predicted octanol–water partition coefficient (Wildman–Crippen LogP) is 2.52. The monoisotopic (exact) mass is 343 g/mol. The van der Waals surface area contributed by atoms with Crippen molar-refractivity contribution in [2.45, 2.75) is 44.3 Å². The molecule has 2 aliphatic rings. The van der Waals surface area contributed by atoms with Gasteiger partial charge in [0.25, 0.3) is 0 Å². The Balaban J connectivity index is 2.01. The number of aromatic hydroxyl groups is 1. The van der Waals surface area contributed by atoms with Crippen LogP contribution in [0.5, 0.6) is 5.75 Å². The van der Waals surface area contributed by atoms with Crippen molar-refractivity contribution in [3.63, 3.8) is 0 Å². The second-order valence-corrected chi connectivity index (χ2v) is 6.79. The number of carbonyl (C=O) groups is 1. The summed E-state index contributed by atoms with van der Waals surface area (Å²) < 4.78 is 0. The van der Waals surface area contributed by atoms with Crippen molar-refractivity contribution < 1.29 is 9.90 Å². The largest absolute Gasteiger partial charge is 0.506 e. The van der Waals surface area contributed by atoms with Crippen LogP contribution in [0.4, 0.5) is 0 Å². The summed E-state index contributed by atoms with van der Waals surface area (Å²) in [6.07, 6.45) is 2.18. The zero-order valence-corrected chi connectivity index (χ0v) is 13.7. The first kappa shape index (κ1) is 15.9. The Morgan fingerprint density at radius 2 is 2.09 bits per heavy atom. The zero-order valence-electron chi connectivity index (χ0n) is 12.2. The maximum Gasteiger partial charge on any atom is 0.221 e. The lowest BCUT2D eigenvalue weighted by Gasteiger charge is -2.36. The highest BCUT2D eigenvalue weighted by atomic mass is 35.5. The Labute approximate surface area is 139 Å². The average Bonchev–Trinajstić information content (AvgIpc) is 2.85. The molecule has 1 aromatic rings. The number of benzene rings is 1. The van der Waals surface area contributed by atoms with E-state index in [2.05, 4.69) is 23.1 Å². The summed E-state index contributed by atoms with van der Waals surface area (Å²) >= 11 is 12.1. The molecule has 0 bridgehead atoms. The fourth-order valence-electron chi connectivity index (χ4n) is 3.60. The number of phenolic OH excluding ortho intramolecular Hbond substituents is 1. The van der Waals surface area contributed by atoms with Crippen LogP contribution in [0.15, 0.2) is 12.1 Å². The van der Waals surface area contributed by atoms with Gasteiger partial charge in [-0.2, -0.15) is 0 Å². The molecule has 5 nitrogen and oxygen atoms in total. The van der Waals surface area contributed by atoms with Gasteiger partial charge in [0.1, 0.15) is 5.75 Å². The predicted molar refractivity (Wildman–Crippen MR) is 85.9 cm³/mol. The lowest BCUT2D eigenvalue weighted by molar-refractivity contribution is -0.125. The molecule has 3 rings (SSSR count). The Morgan fingerprint density at radius 1 is 1.32 bits per heavy atom. The van der Waals surface area contributed by atoms with Gasteiger partial charge in [0.15, 0.2) is 0 Å². The molecule has 120 valence electrons. The molecule has 2 fully saturated rings. The summed E-state index contributed by atoms with van der Waals surface area (Å²) in [5.74, 6) is -0.0213. The van der Waals surface area contributed by atoms with E-state index in [1.54, 1.807) is 6.07 Å². The minimum atomic E-state index is -0.153. The summed E-state index contributed by atoms with van der Waals surface area (Å²) in [5.41, 5.74) is 7.05. The van der Waals surface area contributed by atoms with Crippen LogP contribution >= 0.6 is 23.2 Å². The minimum Gasteiger partial charge on any atom is -0.506 e. The highest BCUT2D eigenvalue weighted by molar-refractivity contribution is 6.35. The quantitative estimate of drug-likeness (QED) is 0.680. The molecule has 2 heterocycles. The molecule has 4 unspecified atom stereocenters. The van der Waals surface area contributed by atoms with Gasteiger partial charge in [-0.15, -0.1) is 0 Å². The molecule has 1 amide bonds. The van der Waals surface area contributed by atoms with Crippen LogP contribution < -0.4 is 16.2 Å². The second-order valence-electron chi connectivity index (χ2n) is 5.94. The van der Waals surface area contributed by atoms with Crippen LogP contribution in [-0.2, 0) is 4.79 Å². The number of rotatable bonds is 3. The number of hydrogen-bond donors (Lipinski definition) is 4. The molecular formula is C15H19Cl2N3O2. The first-order chi connectivity index (χ1) is 10.5. The van der Waals surface area contributed by atoms with Crippen LogP contribution in [0.2, 0.25) is 10.0 Å². The topological polar surface area (TPSA) is 73.4 Å². The van der Waals surface area contributed by atoms with E-state index in [1.165, 1.54) is 6.07 Å². The molecular weight excluding hydrogens is 325 g/mol. The van der Waals surface area contributed by atoms with E-state index in [0.29, 0.717) is 17.0 Å². The first-order valence-corrected chi connectivity index (χ1v) is 8.25. The van der Waals surface area contributed by atoms with E-state index >= 15 is 0 Å². The van der Waals surface area contributed by atoms with Gasteiger partial charge in [-0.1, -0.05) is 36.5 Å². The Kier molecular flexibility index (Phi) is 4.50. The van der Waals surface area contributed by atoms with Crippen LogP contribution in [0.25, 0.3) is 0 Å². The van der Waals surface area contributed by atoms with Crippen molar-refractivity contribution in [1.82, 2.24) is 16.2 Å². The molecule has 2 saturated heterocycles. The van der Waals surface area contributed by atoms with Gasteiger partial charge >= 0.3 is 0 Å².